The molecule has 0 saturated heterocycles. The minimum atomic E-state index is -0.0998. The smallest absolute Gasteiger partial charge is 0.261 e. The van der Waals surface area contributed by atoms with Crippen LogP contribution in [-0.4, -0.2) is 5.91 Å². The first-order valence-electron chi connectivity index (χ1n) is 7.70. The molecule has 0 aromatic carbocycles. The van der Waals surface area contributed by atoms with Gasteiger partial charge in [0.2, 0.25) is 0 Å². The fraction of sp³-hybridized carbons (Fsp3) is 0.471. The first-order chi connectivity index (χ1) is 10.2. The van der Waals surface area contributed by atoms with E-state index in [1.807, 2.05) is 19.1 Å². The second-order valence-corrected chi connectivity index (χ2v) is 6.82. The maximum absolute atomic E-state index is 12.4. The molecular formula is C17H21NO2S. The van der Waals surface area contributed by atoms with Gasteiger partial charge in [0.15, 0.2) is 0 Å². The highest BCUT2D eigenvalue weighted by atomic mass is 32.1. The lowest BCUT2D eigenvalue weighted by atomic mass is 10.00. The van der Waals surface area contributed by atoms with Gasteiger partial charge in [0.05, 0.1) is 17.2 Å². The molecule has 112 valence electrons. The van der Waals surface area contributed by atoms with Gasteiger partial charge in [-0.15, -0.1) is 11.3 Å². The monoisotopic (exact) mass is 303 g/mol. The van der Waals surface area contributed by atoms with Crippen molar-refractivity contribution in [2.75, 3.05) is 0 Å². The molecule has 3 rings (SSSR count). The van der Waals surface area contributed by atoms with Crippen LogP contribution in [0.4, 0.5) is 0 Å². The van der Waals surface area contributed by atoms with Crippen LogP contribution in [0.1, 0.15) is 64.5 Å². The summed E-state index contributed by atoms with van der Waals surface area (Å²) in [7, 11) is 0. The van der Waals surface area contributed by atoms with Crippen LogP contribution in [0.3, 0.4) is 0 Å². The van der Waals surface area contributed by atoms with Crippen molar-refractivity contribution in [1.29, 1.82) is 0 Å². The van der Waals surface area contributed by atoms with E-state index in [9.17, 15) is 4.79 Å². The molecule has 1 aliphatic carbocycles. The molecule has 1 aliphatic rings. The SMILES string of the molecule is C[C@H](NC(=O)c1cc2c(s1)CCCCCC2)c1ccco1. The summed E-state index contributed by atoms with van der Waals surface area (Å²) in [6, 6.07) is 5.72. The minimum absolute atomic E-state index is 0.00986. The number of nitrogens with one attached hydrogen (secondary N) is 1. The first kappa shape index (κ1) is 14.4. The Morgan fingerprint density at radius 2 is 2.10 bits per heavy atom. The number of amides is 1. The molecule has 0 unspecified atom stereocenters. The maximum atomic E-state index is 12.4. The Hall–Kier alpha value is -1.55. The van der Waals surface area contributed by atoms with Gasteiger partial charge in [0, 0.05) is 4.88 Å². The Balaban J connectivity index is 1.71. The molecule has 0 bridgehead atoms. The van der Waals surface area contributed by atoms with Crippen molar-refractivity contribution < 1.29 is 9.21 Å². The zero-order valence-corrected chi connectivity index (χ0v) is 13.2. The van der Waals surface area contributed by atoms with Gasteiger partial charge in [-0.3, -0.25) is 4.79 Å². The van der Waals surface area contributed by atoms with Gasteiger partial charge >= 0.3 is 0 Å². The van der Waals surface area contributed by atoms with Gasteiger partial charge in [-0.05, 0) is 56.4 Å². The van der Waals surface area contributed by atoms with Crippen molar-refractivity contribution in [3.05, 3.63) is 45.5 Å². The maximum Gasteiger partial charge on any atom is 0.261 e. The Labute approximate surface area is 129 Å². The van der Waals surface area contributed by atoms with E-state index in [1.165, 1.54) is 36.1 Å². The molecule has 0 radical (unpaired) electrons. The third kappa shape index (κ3) is 3.38. The van der Waals surface area contributed by atoms with Gasteiger partial charge in [-0.1, -0.05) is 12.8 Å². The number of hydrogen-bond acceptors (Lipinski definition) is 3. The van der Waals surface area contributed by atoms with Crippen molar-refractivity contribution >= 4 is 17.2 Å². The molecule has 2 heterocycles. The zero-order chi connectivity index (χ0) is 14.7. The van der Waals surface area contributed by atoms with E-state index in [0.717, 1.165) is 23.5 Å². The Bertz CT molecular complexity index is 575. The van der Waals surface area contributed by atoms with Gasteiger partial charge in [-0.25, -0.2) is 0 Å². The normalized spacial score (nSPS) is 16.6. The molecule has 21 heavy (non-hydrogen) atoms. The van der Waals surface area contributed by atoms with Crippen LogP contribution in [0, 0.1) is 0 Å². The third-order valence-electron chi connectivity index (χ3n) is 4.04. The molecule has 4 heteroatoms. The van der Waals surface area contributed by atoms with Gasteiger partial charge < -0.3 is 9.73 Å². The average molecular weight is 303 g/mol. The fourth-order valence-corrected chi connectivity index (χ4v) is 3.99. The average Bonchev–Trinajstić information content (AvgIpc) is 3.08. The van der Waals surface area contributed by atoms with E-state index in [1.54, 1.807) is 17.6 Å². The van der Waals surface area contributed by atoms with Crippen molar-refractivity contribution in [1.82, 2.24) is 5.32 Å². The predicted octanol–water partition coefficient (Wildman–Crippen LogP) is 4.49. The van der Waals surface area contributed by atoms with Crippen LogP contribution < -0.4 is 5.32 Å². The Morgan fingerprint density at radius 3 is 2.86 bits per heavy atom. The van der Waals surface area contributed by atoms with Gasteiger partial charge in [-0.2, -0.15) is 0 Å². The molecule has 0 aliphatic heterocycles. The molecule has 3 nitrogen and oxygen atoms in total. The van der Waals surface area contributed by atoms with E-state index >= 15 is 0 Å². The van der Waals surface area contributed by atoms with Crippen molar-refractivity contribution in [3.63, 3.8) is 0 Å². The van der Waals surface area contributed by atoms with Crippen LogP contribution in [-0.2, 0) is 12.8 Å². The molecule has 0 spiro atoms. The van der Waals surface area contributed by atoms with Crippen LogP contribution >= 0.6 is 11.3 Å². The number of aryl methyl sites for hydroxylation is 2. The van der Waals surface area contributed by atoms with Crippen LogP contribution in [0.5, 0.6) is 0 Å². The predicted molar refractivity (Wildman–Crippen MR) is 84.8 cm³/mol. The largest absolute Gasteiger partial charge is 0.467 e. The summed E-state index contributed by atoms with van der Waals surface area (Å²) < 4.78 is 5.34. The number of carbonyl (C=O) groups excluding carboxylic acids is 1. The van der Waals surface area contributed by atoms with Crippen molar-refractivity contribution in [2.24, 2.45) is 0 Å². The third-order valence-corrected chi connectivity index (χ3v) is 5.27. The molecular weight excluding hydrogens is 282 g/mol. The van der Waals surface area contributed by atoms with Crippen LogP contribution in [0.15, 0.2) is 28.9 Å². The number of furan rings is 1. The zero-order valence-electron chi connectivity index (χ0n) is 12.4. The number of hydrogen-bond donors (Lipinski definition) is 1. The van der Waals surface area contributed by atoms with Crippen LogP contribution in [0.2, 0.25) is 0 Å². The summed E-state index contributed by atoms with van der Waals surface area (Å²) in [4.78, 5) is 14.6. The van der Waals surface area contributed by atoms with E-state index in [-0.39, 0.29) is 11.9 Å². The number of thiophene rings is 1. The molecule has 0 fully saturated rings. The van der Waals surface area contributed by atoms with Gasteiger partial charge in [0.25, 0.3) is 5.91 Å². The summed E-state index contributed by atoms with van der Waals surface area (Å²) in [5, 5.41) is 3.02. The van der Waals surface area contributed by atoms with E-state index in [2.05, 4.69) is 11.4 Å². The topological polar surface area (TPSA) is 42.2 Å². The van der Waals surface area contributed by atoms with Crippen molar-refractivity contribution in [2.45, 2.75) is 51.5 Å². The van der Waals surface area contributed by atoms with E-state index in [4.69, 9.17) is 4.42 Å². The fourth-order valence-electron chi connectivity index (χ4n) is 2.83. The lowest BCUT2D eigenvalue weighted by Crippen LogP contribution is -2.25. The summed E-state index contributed by atoms with van der Waals surface area (Å²) in [5.74, 6) is 0.800. The summed E-state index contributed by atoms with van der Waals surface area (Å²) >= 11 is 1.66. The van der Waals surface area contributed by atoms with Crippen LogP contribution in [0.25, 0.3) is 0 Å². The highest BCUT2D eigenvalue weighted by Crippen LogP contribution is 2.28. The summed E-state index contributed by atoms with van der Waals surface area (Å²) in [5.41, 5.74) is 1.38. The second-order valence-electron chi connectivity index (χ2n) is 5.68. The quantitative estimate of drug-likeness (QED) is 0.907. The lowest BCUT2D eigenvalue weighted by Gasteiger charge is -2.10. The number of carbonyl (C=O) groups is 1. The summed E-state index contributed by atoms with van der Waals surface area (Å²) in [6.07, 6.45) is 8.99. The Morgan fingerprint density at radius 1 is 1.29 bits per heavy atom. The standard InChI is InChI=1S/C17H21NO2S/c1-12(14-8-6-10-20-14)18-17(19)16-11-13-7-4-2-3-5-9-15(13)21-16/h6,8,10-12H,2-5,7,9H2,1H3,(H,18,19)/t12-/m0/s1. The number of rotatable bonds is 3. The highest BCUT2D eigenvalue weighted by molar-refractivity contribution is 7.14. The first-order valence-corrected chi connectivity index (χ1v) is 8.51. The molecule has 1 atom stereocenters. The molecule has 2 aromatic rings. The van der Waals surface area contributed by atoms with Gasteiger partial charge in [0.1, 0.15) is 5.76 Å². The minimum Gasteiger partial charge on any atom is -0.467 e. The number of fused-ring (bicyclic) bond motifs is 1. The van der Waals surface area contributed by atoms with Crippen molar-refractivity contribution in [3.8, 4) is 0 Å². The molecule has 1 amide bonds. The van der Waals surface area contributed by atoms with E-state index in [0.29, 0.717) is 0 Å². The second kappa shape index (κ2) is 6.48. The summed E-state index contributed by atoms with van der Waals surface area (Å²) in [6.45, 7) is 1.94. The molecule has 0 saturated carbocycles. The molecule has 2 aromatic heterocycles. The highest BCUT2D eigenvalue weighted by Gasteiger charge is 2.18. The van der Waals surface area contributed by atoms with E-state index < -0.39 is 0 Å². The lowest BCUT2D eigenvalue weighted by molar-refractivity contribution is 0.0939. The molecule has 1 N–H and O–H groups in total. The Kier molecular flexibility index (Phi) is 4.44.